The molecule has 0 saturated carbocycles. The predicted octanol–water partition coefficient (Wildman–Crippen LogP) is 4.57. The maximum atomic E-state index is 5.82. The van der Waals surface area contributed by atoms with Gasteiger partial charge in [-0.05, 0) is 24.2 Å². The van der Waals surface area contributed by atoms with E-state index in [1.807, 2.05) is 0 Å². The molecule has 6 heteroatoms. The molecule has 0 rings (SSSR count). The van der Waals surface area contributed by atoms with Crippen molar-refractivity contribution in [3.63, 3.8) is 0 Å². The lowest BCUT2D eigenvalue weighted by molar-refractivity contribution is 0.234. The van der Waals surface area contributed by atoms with Gasteiger partial charge in [0.25, 0.3) is 0 Å². The molecule has 0 unspecified atom stereocenters. The normalized spacial score (nSPS) is 13.5. The number of rotatable bonds is 14. The fourth-order valence-corrected chi connectivity index (χ4v) is 10.3. The summed E-state index contributed by atoms with van der Waals surface area (Å²) in [7, 11) is 1.99. The number of hydrogen-bond donors (Lipinski definition) is 0. The molecule has 0 saturated heterocycles. The van der Waals surface area contributed by atoms with Gasteiger partial charge in [-0.3, -0.25) is 0 Å². The Hall–Kier alpha value is -0.246. The Balaban J connectivity index is 5.13. The van der Waals surface area contributed by atoms with Crippen molar-refractivity contribution in [1.82, 2.24) is 0 Å². The summed E-state index contributed by atoms with van der Waals surface area (Å²) in [5, 5.41) is 0. The van der Waals surface area contributed by atoms with Crippen LogP contribution in [0.3, 0.4) is 0 Å². The molecule has 0 heterocycles. The molecule has 0 bridgehead atoms. The minimum atomic E-state index is -2.46. The molecule has 0 amide bonds. The standard InChI is InChI=1S/C17H36O4Si2/c1-7-9-11-13-15-22(18-3,19-4)17-23(20-5,21-6)16-14-12-10-8-2/h13-16H,7-12,17H2,1-6H3. The molecular weight excluding hydrogens is 324 g/mol. The highest BCUT2D eigenvalue weighted by Gasteiger charge is 2.46. The first-order valence-corrected chi connectivity index (χ1v) is 12.8. The summed E-state index contributed by atoms with van der Waals surface area (Å²) >= 11 is 0. The molecule has 136 valence electrons. The third kappa shape index (κ3) is 8.42. The molecule has 0 spiro atoms. The van der Waals surface area contributed by atoms with Gasteiger partial charge in [0.15, 0.2) is 0 Å². The van der Waals surface area contributed by atoms with E-state index in [2.05, 4.69) is 37.4 Å². The van der Waals surface area contributed by atoms with Gasteiger partial charge in [0.1, 0.15) is 0 Å². The zero-order valence-corrected chi connectivity index (χ0v) is 17.9. The Bertz CT molecular complexity index is 305. The van der Waals surface area contributed by atoms with E-state index in [0.29, 0.717) is 5.67 Å². The zero-order valence-electron chi connectivity index (χ0n) is 15.9. The van der Waals surface area contributed by atoms with E-state index in [9.17, 15) is 0 Å². The Labute approximate surface area is 145 Å². The highest BCUT2D eigenvalue weighted by molar-refractivity contribution is 6.90. The molecule has 4 nitrogen and oxygen atoms in total. The molecule has 0 aromatic heterocycles. The van der Waals surface area contributed by atoms with E-state index in [1.165, 1.54) is 25.7 Å². The van der Waals surface area contributed by atoms with E-state index in [1.54, 1.807) is 28.4 Å². The second-order valence-corrected chi connectivity index (χ2v) is 12.7. The number of allylic oxidation sites excluding steroid dienone is 2. The molecule has 23 heavy (non-hydrogen) atoms. The smallest absolute Gasteiger partial charge is 0.366 e. The van der Waals surface area contributed by atoms with Crippen molar-refractivity contribution < 1.29 is 17.7 Å². The number of unbranched alkanes of at least 4 members (excludes halogenated alkanes) is 4. The summed E-state index contributed by atoms with van der Waals surface area (Å²) in [6.07, 6.45) is 11.2. The minimum absolute atomic E-state index is 0.700. The first-order valence-electron chi connectivity index (χ1n) is 8.63. The van der Waals surface area contributed by atoms with E-state index < -0.39 is 17.1 Å². The Morgan fingerprint density at radius 3 is 1.26 bits per heavy atom. The molecule has 0 radical (unpaired) electrons. The van der Waals surface area contributed by atoms with Crippen LogP contribution in [-0.4, -0.2) is 45.6 Å². The Morgan fingerprint density at radius 1 is 0.652 bits per heavy atom. The van der Waals surface area contributed by atoms with Gasteiger partial charge in [0, 0.05) is 34.1 Å². The summed E-state index contributed by atoms with van der Waals surface area (Å²) in [5.74, 6) is 0. The third-order valence-electron chi connectivity index (χ3n) is 4.07. The second kappa shape index (κ2) is 13.1. The molecule has 0 aromatic rings. The van der Waals surface area contributed by atoms with Crippen LogP contribution >= 0.6 is 0 Å². The first kappa shape index (κ1) is 22.8. The predicted molar refractivity (Wildman–Crippen MR) is 102 cm³/mol. The van der Waals surface area contributed by atoms with Crippen molar-refractivity contribution >= 4 is 17.1 Å². The van der Waals surface area contributed by atoms with Gasteiger partial charge in [-0.15, -0.1) is 0 Å². The van der Waals surface area contributed by atoms with E-state index in [0.717, 1.165) is 12.8 Å². The van der Waals surface area contributed by atoms with Crippen LogP contribution in [0.2, 0.25) is 5.67 Å². The molecular formula is C17H36O4Si2. The summed E-state index contributed by atoms with van der Waals surface area (Å²) in [4.78, 5) is 0. The van der Waals surface area contributed by atoms with Gasteiger partial charge in [-0.2, -0.15) is 0 Å². The fraction of sp³-hybridized carbons (Fsp3) is 0.765. The van der Waals surface area contributed by atoms with Gasteiger partial charge in [0.05, 0.1) is 0 Å². The lowest BCUT2D eigenvalue weighted by atomic mass is 10.2. The van der Waals surface area contributed by atoms with Crippen molar-refractivity contribution in [3.05, 3.63) is 23.6 Å². The lowest BCUT2D eigenvalue weighted by Gasteiger charge is -2.32. The lowest BCUT2D eigenvalue weighted by Crippen LogP contribution is -2.51. The Morgan fingerprint density at radius 2 is 1.00 bits per heavy atom. The molecule has 0 aliphatic carbocycles. The number of hydrogen-bond acceptors (Lipinski definition) is 4. The van der Waals surface area contributed by atoms with Crippen molar-refractivity contribution in [3.8, 4) is 0 Å². The van der Waals surface area contributed by atoms with Gasteiger partial charge < -0.3 is 17.7 Å². The SMILES string of the molecule is CCCCC=C[Si](C[Si](C=CCCCC)(OC)OC)(OC)OC. The topological polar surface area (TPSA) is 36.9 Å². The average Bonchev–Trinajstić information content (AvgIpc) is 2.60. The van der Waals surface area contributed by atoms with Crippen LogP contribution in [0.25, 0.3) is 0 Å². The van der Waals surface area contributed by atoms with Crippen LogP contribution in [-0.2, 0) is 17.7 Å². The largest absolute Gasteiger partial charge is 0.395 e. The molecule has 0 atom stereocenters. The monoisotopic (exact) mass is 360 g/mol. The summed E-state index contributed by atoms with van der Waals surface area (Å²) in [6, 6.07) is 0. The molecule has 0 fully saturated rings. The minimum Gasteiger partial charge on any atom is -0.395 e. The maximum Gasteiger partial charge on any atom is 0.366 e. The van der Waals surface area contributed by atoms with Crippen LogP contribution in [0.15, 0.2) is 23.6 Å². The molecule has 0 aliphatic heterocycles. The van der Waals surface area contributed by atoms with Crippen LogP contribution in [0.5, 0.6) is 0 Å². The van der Waals surface area contributed by atoms with E-state index >= 15 is 0 Å². The van der Waals surface area contributed by atoms with Gasteiger partial charge in [-0.25, -0.2) is 0 Å². The van der Waals surface area contributed by atoms with Gasteiger partial charge in [0.2, 0.25) is 0 Å². The second-order valence-electron chi connectivity index (χ2n) is 5.71. The van der Waals surface area contributed by atoms with E-state index in [-0.39, 0.29) is 0 Å². The molecule has 0 aromatic carbocycles. The van der Waals surface area contributed by atoms with Crippen molar-refractivity contribution in [2.24, 2.45) is 0 Å². The highest BCUT2D eigenvalue weighted by Crippen LogP contribution is 2.25. The van der Waals surface area contributed by atoms with Crippen LogP contribution in [0.4, 0.5) is 0 Å². The van der Waals surface area contributed by atoms with Crippen molar-refractivity contribution in [1.29, 1.82) is 0 Å². The highest BCUT2D eigenvalue weighted by atomic mass is 28.4. The summed E-state index contributed by atoms with van der Waals surface area (Å²) in [5.41, 5.74) is 4.98. The van der Waals surface area contributed by atoms with Crippen molar-refractivity contribution in [2.45, 2.75) is 58.0 Å². The first-order chi connectivity index (χ1) is 11.1. The van der Waals surface area contributed by atoms with Crippen molar-refractivity contribution in [2.75, 3.05) is 28.4 Å². The quantitative estimate of drug-likeness (QED) is 0.336. The molecule has 0 aliphatic rings. The third-order valence-corrected chi connectivity index (χ3v) is 12.3. The van der Waals surface area contributed by atoms with Gasteiger partial charge in [-0.1, -0.05) is 51.7 Å². The van der Waals surface area contributed by atoms with Crippen LogP contribution in [0, 0.1) is 0 Å². The summed E-state index contributed by atoms with van der Waals surface area (Å²) in [6.45, 7) is 4.39. The maximum absolute atomic E-state index is 5.82. The van der Waals surface area contributed by atoms with E-state index in [4.69, 9.17) is 17.7 Å². The van der Waals surface area contributed by atoms with Crippen LogP contribution in [0.1, 0.15) is 52.4 Å². The zero-order chi connectivity index (χ0) is 17.6. The van der Waals surface area contributed by atoms with Crippen LogP contribution < -0.4 is 0 Å². The Kier molecular flexibility index (Phi) is 13.0. The summed E-state index contributed by atoms with van der Waals surface area (Å²) < 4.78 is 23.3. The molecule has 0 N–H and O–H groups in total. The van der Waals surface area contributed by atoms with Gasteiger partial charge >= 0.3 is 17.1 Å². The fourth-order valence-electron chi connectivity index (χ4n) is 2.36. The average molecular weight is 361 g/mol.